The lowest BCUT2D eigenvalue weighted by molar-refractivity contribution is 0.601. The molecule has 0 spiro atoms. The Hall–Kier alpha value is -1.81. The van der Waals surface area contributed by atoms with Crippen molar-refractivity contribution in [1.29, 1.82) is 0 Å². The molecule has 1 nitrogen and oxygen atoms in total. The van der Waals surface area contributed by atoms with Gasteiger partial charge in [0, 0.05) is 10.0 Å². The van der Waals surface area contributed by atoms with Crippen molar-refractivity contribution in [1.82, 2.24) is 0 Å². The molecular formula is C21H15BrOS. The number of hydrogen-bond acceptors (Lipinski definition) is 1. The summed E-state index contributed by atoms with van der Waals surface area (Å²) in [5.74, 6) is 0. The molecule has 0 N–H and O–H groups in total. The maximum absolute atomic E-state index is 12.4. The third-order valence-electron chi connectivity index (χ3n) is 4.34. The molecule has 0 aliphatic rings. The van der Waals surface area contributed by atoms with Crippen LogP contribution in [-0.2, 0) is 11.2 Å². The third-order valence-corrected chi connectivity index (χ3v) is 5.99. The van der Waals surface area contributed by atoms with Crippen LogP contribution >= 0.6 is 15.9 Å². The molecule has 3 heteroatoms. The number of fused-ring (bicyclic) bond motifs is 2. The average molecular weight is 395 g/mol. The molecule has 0 aromatic heterocycles. The molecule has 0 aliphatic carbocycles. The third kappa shape index (κ3) is 2.53. The number of hydrogen-bond donors (Lipinski definition) is 0. The summed E-state index contributed by atoms with van der Waals surface area (Å²) in [6.07, 6.45) is 1.74. The lowest BCUT2D eigenvalue weighted by Crippen LogP contribution is -2.01. The van der Waals surface area contributed by atoms with Crippen molar-refractivity contribution in [3.8, 4) is 11.1 Å². The van der Waals surface area contributed by atoms with Crippen LogP contribution in [0.1, 0.15) is 0 Å². The van der Waals surface area contributed by atoms with Crippen molar-refractivity contribution in [2.75, 3.05) is 6.26 Å². The molecule has 118 valence electrons. The largest absolute Gasteiger partial charge is 0.612 e. The van der Waals surface area contributed by atoms with E-state index in [1.165, 1.54) is 0 Å². The molecular weight excluding hydrogens is 380 g/mol. The fraction of sp³-hybridized carbons (Fsp3) is 0.0476. The molecule has 0 aliphatic heterocycles. The highest BCUT2D eigenvalue weighted by Gasteiger charge is 2.19. The molecule has 0 saturated carbocycles. The zero-order valence-electron chi connectivity index (χ0n) is 13.1. The van der Waals surface area contributed by atoms with Crippen LogP contribution < -0.4 is 0 Å². The van der Waals surface area contributed by atoms with Crippen LogP contribution in [0.15, 0.2) is 82.2 Å². The van der Waals surface area contributed by atoms with Gasteiger partial charge in [-0.25, -0.2) is 0 Å². The zero-order chi connectivity index (χ0) is 16.7. The molecule has 0 amide bonds. The van der Waals surface area contributed by atoms with E-state index in [0.717, 1.165) is 42.0 Å². The first-order valence-corrected chi connectivity index (χ1v) is 10.0. The maximum atomic E-state index is 12.4. The van der Waals surface area contributed by atoms with E-state index in [4.69, 9.17) is 0 Å². The number of rotatable bonds is 2. The summed E-state index contributed by atoms with van der Waals surface area (Å²) in [7, 11) is 0. The van der Waals surface area contributed by atoms with Crippen molar-refractivity contribution in [3.05, 3.63) is 77.3 Å². The molecule has 4 rings (SSSR count). The molecule has 4 aromatic carbocycles. The molecule has 1 unspecified atom stereocenters. The van der Waals surface area contributed by atoms with Crippen molar-refractivity contribution in [2.24, 2.45) is 0 Å². The quantitative estimate of drug-likeness (QED) is 0.373. The van der Waals surface area contributed by atoms with Gasteiger partial charge in [-0.2, -0.15) is 0 Å². The van der Waals surface area contributed by atoms with E-state index in [1.54, 1.807) is 6.26 Å². The Morgan fingerprint density at radius 1 is 0.750 bits per heavy atom. The first-order chi connectivity index (χ1) is 11.7. The predicted octanol–water partition coefficient (Wildman–Crippen LogP) is 6.16. The van der Waals surface area contributed by atoms with Crippen molar-refractivity contribution < 1.29 is 4.55 Å². The van der Waals surface area contributed by atoms with Gasteiger partial charge < -0.3 is 4.55 Å². The fourth-order valence-electron chi connectivity index (χ4n) is 3.25. The highest BCUT2D eigenvalue weighted by molar-refractivity contribution is 9.10. The second-order valence-corrected chi connectivity index (χ2v) is 7.96. The Balaban J connectivity index is 2.18. The minimum absolute atomic E-state index is 0.876. The van der Waals surface area contributed by atoms with Crippen LogP contribution in [0.25, 0.3) is 32.7 Å². The van der Waals surface area contributed by atoms with E-state index in [0.29, 0.717) is 0 Å². The van der Waals surface area contributed by atoms with E-state index in [9.17, 15) is 4.55 Å². The van der Waals surface area contributed by atoms with Crippen LogP contribution in [0.3, 0.4) is 0 Å². The average Bonchev–Trinajstić information content (AvgIpc) is 2.61. The van der Waals surface area contributed by atoms with Gasteiger partial charge in [0.2, 0.25) is 0 Å². The lowest BCUT2D eigenvalue weighted by Gasteiger charge is -2.16. The van der Waals surface area contributed by atoms with E-state index in [2.05, 4.69) is 58.4 Å². The monoisotopic (exact) mass is 394 g/mol. The van der Waals surface area contributed by atoms with Gasteiger partial charge in [-0.3, -0.25) is 0 Å². The Morgan fingerprint density at radius 2 is 1.42 bits per heavy atom. The normalized spacial score (nSPS) is 12.6. The first-order valence-electron chi connectivity index (χ1n) is 7.69. The minimum atomic E-state index is -1.06. The number of benzene rings is 4. The summed E-state index contributed by atoms with van der Waals surface area (Å²) in [5.41, 5.74) is 2.19. The van der Waals surface area contributed by atoms with Crippen molar-refractivity contribution >= 4 is 48.7 Å². The lowest BCUT2D eigenvalue weighted by atomic mass is 9.94. The second kappa shape index (κ2) is 6.25. The van der Waals surface area contributed by atoms with Gasteiger partial charge in [0.25, 0.3) is 0 Å². The highest BCUT2D eigenvalue weighted by Crippen LogP contribution is 2.40. The molecule has 0 fully saturated rings. The topological polar surface area (TPSA) is 23.1 Å². The summed E-state index contributed by atoms with van der Waals surface area (Å²) in [4.78, 5) is 0.876. The van der Waals surface area contributed by atoms with Crippen molar-refractivity contribution in [3.63, 3.8) is 0 Å². The smallest absolute Gasteiger partial charge is 0.160 e. The molecule has 4 aromatic rings. The summed E-state index contributed by atoms with van der Waals surface area (Å²) < 4.78 is 13.5. The van der Waals surface area contributed by atoms with Gasteiger partial charge in [-0.05, 0) is 56.5 Å². The fourth-order valence-corrected chi connectivity index (χ4v) is 4.49. The van der Waals surface area contributed by atoms with Gasteiger partial charge in [-0.15, -0.1) is 0 Å². The summed E-state index contributed by atoms with van der Waals surface area (Å²) in [6.45, 7) is 0. The molecule has 1 atom stereocenters. The summed E-state index contributed by atoms with van der Waals surface area (Å²) in [5, 5.41) is 4.62. The van der Waals surface area contributed by atoms with Gasteiger partial charge in [0.15, 0.2) is 4.90 Å². The second-order valence-electron chi connectivity index (χ2n) is 5.75. The maximum Gasteiger partial charge on any atom is 0.160 e. The van der Waals surface area contributed by atoms with Crippen molar-refractivity contribution in [2.45, 2.75) is 4.90 Å². The van der Waals surface area contributed by atoms with Gasteiger partial charge in [0.05, 0.1) is 0 Å². The zero-order valence-corrected chi connectivity index (χ0v) is 15.5. The van der Waals surface area contributed by atoms with Crippen LogP contribution in [-0.4, -0.2) is 10.8 Å². The van der Waals surface area contributed by atoms with Crippen LogP contribution in [0.4, 0.5) is 0 Å². The summed E-state index contributed by atoms with van der Waals surface area (Å²) >= 11 is 2.58. The predicted molar refractivity (Wildman–Crippen MR) is 107 cm³/mol. The molecule has 24 heavy (non-hydrogen) atoms. The van der Waals surface area contributed by atoms with E-state index in [1.807, 2.05) is 30.3 Å². The van der Waals surface area contributed by atoms with Crippen LogP contribution in [0, 0.1) is 0 Å². The van der Waals surface area contributed by atoms with E-state index < -0.39 is 11.2 Å². The van der Waals surface area contributed by atoms with Crippen LogP contribution in [0.5, 0.6) is 0 Å². The molecule has 0 saturated heterocycles. The first kappa shape index (κ1) is 15.7. The Morgan fingerprint density at radius 3 is 2.17 bits per heavy atom. The minimum Gasteiger partial charge on any atom is -0.612 e. The van der Waals surface area contributed by atoms with E-state index >= 15 is 0 Å². The molecule has 0 heterocycles. The Labute approximate surface area is 152 Å². The molecule has 0 bridgehead atoms. The standard InChI is InChI=1S/C21H15BrOS/c1-24(23)20-13-10-14-6-2-3-7-15(14)21(20)18-11-12-19(22)17-9-5-4-8-16(17)18/h2-13H,1H3. The Kier molecular flexibility index (Phi) is 4.09. The SMILES string of the molecule is C[S+]([O-])c1ccc2ccccc2c1-c1ccc(Br)c2ccccc12. The van der Waals surface area contributed by atoms with Crippen LogP contribution in [0.2, 0.25) is 0 Å². The summed E-state index contributed by atoms with van der Waals surface area (Å²) in [6, 6.07) is 24.8. The van der Waals surface area contributed by atoms with Gasteiger partial charge in [0.1, 0.15) is 6.26 Å². The Bertz CT molecular complexity index is 1060. The number of halogens is 1. The van der Waals surface area contributed by atoms with E-state index in [-0.39, 0.29) is 0 Å². The van der Waals surface area contributed by atoms with Gasteiger partial charge >= 0.3 is 0 Å². The van der Waals surface area contributed by atoms with Gasteiger partial charge in [-0.1, -0.05) is 70.5 Å². The highest BCUT2D eigenvalue weighted by atomic mass is 79.9. The molecule has 0 radical (unpaired) electrons.